The van der Waals surface area contributed by atoms with E-state index in [-0.39, 0.29) is 0 Å². The van der Waals surface area contributed by atoms with Gasteiger partial charge in [-0.3, -0.25) is 8.98 Å². The minimum Gasteiger partial charge on any atom is -0.481 e. The Balaban J connectivity index is 2.27. The van der Waals surface area contributed by atoms with Gasteiger partial charge >= 0.3 is 5.97 Å². The van der Waals surface area contributed by atoms with Gasteiger partial charge in [-0.05, 0) is 31.6 Å². The molecule has 1 N–H and O–H groups in total. The summed E-state index contributed by atoms with van der Waals surface area (Å²) in [5, 5.41) is 9.43. The van der Waals surface area contributed by atoms with Crippen molar-refractivity contribution in [1.82, 2.24) is 0 Å². The van der Waals surface area contributed by atoms with Gasteiger partial charge in [0.05, 0.1) is 17.8 Å². The fourth-order valence-corrected chi connectivity index (χ4v) is 4.01. The first-order chi connectivity index (χ1) is 7.83. The summed E-state index contributed by atoms with van der Waals surface area (Å²) in [7, 11) is -3.60. The Bertz CT molecular complexity index is 416. The number of aliphatic carboxylic acids is 1. The minimum absolute atomic E-state index is 0.416. The fraction of sp³-hybridized carbons (Fsp3) is 0.909. The van der Waals surface area contributed by atoms with Crippen LogP contribution in [-0.2, 0) is 19.1 Å². The molecule has 0 spiro atoms. The maximum absolute atomic E-state index is 11.5. The molecule has 0 heterocycles. The number of carbonyl (C=O) groups is 1. The van der Waals surface area contributed by atoms with E-state index >= 15 is 0 Å². The van der Waals surface area contributed by atoms with Crippen LogP contribution in [0.4, 0.5) is 0 Å². The molecule has 0 radical (unpaired) electrons. The first kappa shape index (κ1) is 12.8. The second-order valence-electron chi connectivity index (χ2n) is 5.29. The summed E-state index contributed by atoms with van der Waals surface area (Å²) >= 11 is 0. The molecule has 0 aromatic heterocycles. The first-order valence-electron chi connectivity index (χ1n) is 5.95. The van der Waals surface area contributed by atoms with E-state index in [9.17, 15) is 18.3 Å². The summed E-state index contributed by atoms with van der Waals surface area (Å²) in [5.74, 6) is -0.491. The predicted molar refractivity (Wildman–Crippen MR) is 61.0 cm³/mol. The predicted octanol–water partition coefficient (Wildman–Crippen LogP) is 1.39. The van der Waals surface area contributed by atoms with Crippen molar-refractivity contribution in [1.29, 1.82) is 0 Å². The molecule has 3 atom stereocenters. The van der Waals surface area contributed by atoms with Gasteiger partial charge in [-0.15, -0.1) is 0 Å². The second-order valence-corrected chi connectivity index (χ2v) is 6.89. The molecule has 0 amide bonds. The van der Waals surface area contributed by atoms with Gasteiger partial charge in [0.2, 0.25) is 0 Å². The number of hydrogen-bond acceptors (Lipinski definition) is 4. The van der Waals surface area contributed by atoms with Gasteiger partial charge in [-0.2, -0.15) is 8.42 Å². The van der Waals surface area contributed by atoms with Crippen molar-refractivity contribution in [2.75, 3.05) is 6.26 Å². The average molecular weight is 262 g/mol. The molecule has 2 bridgehead atoms. The van der Waals surface area contributed by atoms with Gasteiger partial charge in [0.1, 0.15) is 0 Å². The Kier molecular flexibility index (Phi) is 3.20. The Morgan fingerprint density at radius 2 is 2.06 bits per heavy atom. The van der Waals surface area contributed by atoms with Gasteiger partial charge in [0, 0.05) is 0 Å². The van der Waals surface area contributed by atoms with Gasteiger partial charge in [-0.25, -0.2) is 0 Å². The first-order valence-corrected chi connectivity index (χ1v) is 7.77. The number of fused-ring (bicyclic) bond motifs is 2. The van der Waals surface area contributed by atoms with E-state index in [1.54, 1.807) is 0 Å². The van der Waals surface area contributed by atoms with Crippen LogP contribution >= 0.6 is 0 Å². The number of hydrogen-bond donors (Lipinski definition) is 1. The molecule has 0 aromatic carbocycles. The lowest BCUT2D eigenvalue weighted by Crippen LogP contribution is -2.51. The smallest absolute Gasteiger partial charge is 0.312 e. The molecule has 2 fully saturated rings. The second kappa shape index (κ2) is 4.24. The number of rotatable bonds is 3. The maximum Gasteiger partial charge on any atom is 0.312 e. The van der Waals surface area contributed by atoms with Gasteiger partial charge in [-0.1, -0.05) is 12.8 Å². The van der Waals surface area contributed by atoms with Crippen molar-refractivity contribution in [3.63, 3.8) is 0 Å². The Labute approximate surface area is 101 Å². The summed E-state index contributed by atoms with van der Waals surface area (Å²) in [6.45, 7) is 0. The lowest BCUT2D eigenvalue weighted by Gasteiger charge is -2.46. The van der Waals surface area contributed by atoms with Gasteiger partial charge in [0.25, 0.3) is 10.1 Å². The van der Waals surface area contributed by atoms with Crippen molar-refractivity contribution in [3.8, 4) is 0 Å². The van der Waals surface area contributed by atoms with Gasteiger partial charge < -0.3 is 5.11 Å². The largest absolute Gasteiger partial charge is 0.481 e. The molecule has 17 heavy (non-hydrogen) atoms. The summed E-state index contributed by atoms with van der Waals surface area (Å²) < 4.78 is 27.4. The van der Waals surface area contributed by atoms with Crippen LogP contribution in [0.2, 0.25) is 0 Å². The highest BCUT2D eigenvalue weighted by Gasteiger charge is 2.53. The van der Waals surface area contributed by atoms with Crippen LogP contribution in [0.25, 0.3) is 0 Å². The average Bonchev–Trinajstić information content (AvgIpc) is 2.21. The van der Waals surface area contributed by atoms with E-state index in [1.165, 1.54) is 0 Å². The van der Waals surface area contributed by atoms with Crippen LogP contribution in [0.1, 0.15) is 38.5 Å². The van der Waals surface area contributed by atoms with Crippen molar-refractivity contribution < 1.29 is 22.5 Å². The molecule has 2 aliphatic rings. The molecule has 0 aromatic rings. The van der Waals surface area contributed by atoms with Gasteiger partial charge in [0.15, 0.2) is 0 Å². The summed E-state index contributed by atoms with van der Waals surface area (Å²) in [5.41, 5.74) is -0.982. The molecule has 0 aliphatic heterocycles. The van der Waals surface area contributed by atoms with Crippen LogP contribution in [0.3, 0.4) is 0 Å². The zero-order valence-electron chi connectivity index (χ0n) is 9.89. The fourth-order valence-electron chi connectivity index (χ4n) is 3.31. The molecule has 0 saturated heterocycles. The van der Waals surface area contributed by atoms with E-state index in [0.717, 1.165) is 25.5 Å². The van der Waals surface area contributed by atoms with Crippen LogP contribution in [0.5, 0.6) is 0 Å². The summed E-state index contributed by atoms with van der Waals surface area (Å²) in [6.07, 6.45) is 4.69. The highest BCUT2D eigenvalue weighted by atomic mass is 32.2. The molecular weight excluding hydrogens is 244 g/mol. The minimum atomic E-state index is -3.60. The van der Waals surface area contributed by atoms with Crippen LogP contribution in [0.15, 0.2) is 0 Å². The van der Waals surface area contributed by atoms with E-state index in [4.69, 9.17) is 4.18 Å². The monoisotopic (exact) mass is 262 g/mol. The van der Waals surface area contributed by atoms with E-state index in [2.05, 4.69) is 0 Å². The maximum atomic E-state index is 11.5. The molecular formula is C11H18O5S. The third kappa shape index (κ3) is 2.47. The summed E-state index contributed by atoms with van der Waals surface area (Å²) in [6, 6.07) is 0. The topological polar surface area (TPSA) is 80.7 Å². The van der Waals surface area contributed by atoms with Crippen LogP contribution in [0, 0.1) is 11.3 Å². The molecule has 98 valence electrons. The van der Waals surface area contributed by atoms with Crippen molar-refractivity contribution in [3.05, 3.63) is 0 Å². The number of carboxylic acids is 1. The standard InChI is InChI=1S/C11H18O5S/c1-17(14,15)16-9-5-4-8-3-2-6-11(9,7-8)10(12)13/h8-9H,2-7H2,1H3,(H,12,13)/t8-,9+,11+/m0/s1. The van der Waals surface area contributed by atoms with Crippen molar-refractivity contribution >= 4 is 16.1 Å². The van der Waals surface area contributed by atoms with Crippen molar-refractivity contribution in [2.45, 2.75) is 44.6 Å². The molecule has 0 unspecified atom stereocenters. The molecule has 2 saturated carbocycles. The zero-order valence-corrected chi connectivity index (χ0v) is 10.7. The van der Waals surface area contributed by atoms with Crippen LogP contribution in [-0.4, -0.2) is 31.9 Å². The van der Waals surface area contributed by atoms with E-state index < -0.39 is 27.6 Å². The molecule has 2 aliphatic carbocycles. The zero-order chi connectivity index (χ0) is 12.7. The number of carboxylic acid groups (broad SMARTS) is 1. The normalized spacial score (nSPS) is 37.7. The third-order valence-electron chi connectivity index (χ3n) is 4.06. The molecule has 2 rings (SSSR count). The van der Waals surface area contributed by atoms with E-state index in [1.807, 2.05) is 0 Å². The highest BCUT2D eigenvalue weighted by Crippen LogP contribution is 2.50. The Morgan fingerprint density at radius 3 is 2.65 bits per heavy atom. The molecule has 5 nitrogen and oxygen atoms in total. The highest BCUT2D eigenvalue weighted by molar-refractivity contribution is 7.86. The van der Waals surface area contributed by atoms with Crippen molar-refractivity contribution in [2.24, 2.45) is 11.3 Å². The summed E-state index contributed by atoms with van der Waals surface area (Å²) in [4.78, 5) is 11.5. The third-order valence-corrected chi connectivity index (χ3v) is 4.64. The lowest BCUT2D eigenvalue weighted by molar-refractivity contribution is -0.164. The Hall–Kier alpha value is -0.620. The van der Waals surface area contributed by atoms with E-state index in [0.29, 0.717) is 25.2 Å². The van der Waals surface area contributed by atoms with Crippen LogP contribution < -0.4 is 0 Å². The lowest BCUT2D eigenvalue weighted by atomic mass is 9.60. The quantitative estimate of drug-likeness (QED) is 0.777. The SMILES string of the molecule is CS(=O)(=O)O[C@@H]1CC[C@@H]2CCC[C@@]1(C(=O)O)C2. The Morgan fingerprint density at radius 1 is 1.35 bits per heavy atom. The molecule has 6 heteroatoms.